The average Bonchev–Trinajstić information content (AvgIpc) is 2.90. The first-order valence-electron chi connectivity index (χ1n) is 8.73. The summed E-state index contributed by atoms with van der Waals surface area (Å²) in [6.45, 7) is 11.4. The van der Waals surface area contributed by atoms with Crippen LogP contribution in [0.1, 0.15) is 11.1 Å². The maximum Gasteiger partial charge on any atom is 0.161 e. The van der Waals surface area contributed by atoms with Crippen LogP contribution >= 0.6 is 0 Å². The van der Waals surface area contributed by atoms with Crippen molar-refractivity contribution in [3.8, 4) is 11.3 Å². The van der Waals surface area contributed by atoms with Crippen LogP contribution in [0.15, 0.2) is 53.1 Å². The van der Waals surface area contributed by atoms with Crippen LogP contribution in [0.25, 0.3) is 33.2 Å². The Hall–Kier alpha value is -2.39. The lowest BCUT2D eigenvalue weighted by Crippen LogP contribution is -2.37. The third-order valence-electron chi connectivity index (χ3n) is 4.75. The number of aromatic nitrogens is 1. The highest BCUT2D eigenvalue weighted by Gasteiger charge is 2.19. The second-order valence-corrected chi connectivity index (χ2v) is 13.1. The molecule has 2 heterocycles. The minimum absolute atomic E-state index is 0.884. The topological polar surface area (TPSA) is 26.0 Å². The van der Waals surface area contributed by atoms with Crippen molar-refractivity contribution in [3.63, 3.8) is 0 Å². The lowest BCUT2D eigenvalue weighted by Gasteiger charge is -2.16. The van der Waals surface area contributed by atoms with Gasteiger partial charge in [-0.1, -0.05) is 54.2 Å². The Labute approximate surface area is 149 Å². The van der Waals surface area contributed by atoms with Gasteiger partial charge in [0, 0.05) is 22.5 Å². The predicted molar refractivity (Wildman–Crippen MR) is 109 cm³/mol. The molecule has 0 bridgehead atoms. The first-order valence-corrected chi connectivity index (χ1v) is 12.2. The normalized spacial score (nSPS) is 12.2. The Morgan fingerprint density at radius 2 is 1.56 bits per heavy atom. The summed E-state index contributed by atoms with van der Waals surface area (Å²) in [7, 11) is -1.36. The summed E-state index contributed by atoms with van der Waals surface area (Å²) in [6.07, 6.45) is 1.89. The number of pyridine rings is 1. The van der Waals surface area contributed by atoms with E-state index in [1.807, 2.05) is 6.20 Å². The van der Waals surface area contributed by atoms with Gasteiger partial charge in [-0.25, -0.2) is 0 Å². The molecule has 2 aromatic heterocycles. The van der Waals surface area contributed by atoms with Gasteiger partial charge in [-0.2, -0.15) is 0 Å². The van der Waals surface area contributed by atoms with Crippen molar-refractivity contribution in [2.75, 3.05) is 0 Å². The summed E-state index contributed by atoms with van der Waals surface area (Å²) in [4.78, 5) is 4.64. The molecule has 0 saturated heterocycles. The van der Waals surface area contributed by atoms with E-state index in [0.29, 0.717) is 0 Å². The largest absolute Gasteiger partial charge is 0.454 e. The van der Waals surface area contributed by atoms with Gasteiger partial charge in [0.25, 0.3) is 0 Å². The summed E-state index contributed by atoms with van der Waals surface area (Å²) in [5, 5.41) is 3.80. The summed E-state index contributed by atoms with van der Waals surface area (Å²) in [5.74, 6) is 0. The van der Waals surface area contributed by atoms with Crippen molar-refractivity contribution in [2.24, 2.45) is 0 Å². The molecule has 2 aromatic carbocycles. The van der Waals surface area contributed by atoms with Gasteiger partial charge >= 0.3 is 0 Å². The number of benzene rings is 2. The minimum Gasteiger partial charge on any atom is -0.454 e. The van der Waals surface area contributed by atoms with Gasteiger partial charge < -0.3 is 4.42 Å². The SMILES string of the molecule is Cc1cc(C)cc(-c2nccc3c2oc2ccc([Si](C)(C)C)cc23)c1. The molecular formula is C22H23NOSi. The summed E-state index contributed by atoms with van der Waals surface area (Å²) in [5.41, 5.74) is 6.35. The third kappa shape index (κ3) is 2.79. The Morgan fingerprint density at radius 1 is 0.840 bits per heavy atom. The van der Waals surface area contributed by atoms with Crippen LogP contribution in [0, 0.1) is 13.8 Å². The summed E-state index contributed by atoms with van der Waals surface area (Å²) < 4.78 is 6.24. The Kier molecular flexibility index (Phi) is 3.58. The highest BCUT2D eigenvalue weighted by atomic mass is 28.3. The molecule has 0 aliphatic rings. The number of aryl methyl sites for hydroxylation is 2. The van der Waals surface area contributed by atoms with E-state index in [4.69, 9.17) is 4.42 Å². The fourth-order valence-corrected chi connectivity index (χ4v) is 4.65. The Bertz CT molecular complexity index is 1080. The van der Waals surface area contributed by atoms with E-state index in [9.17, 15) is 0 Å². The lowest BCUT2D eigenvalue weighted by atomic mass is 10.0. The third-order valence-corrected chi connectivity index (χ3v) is 6.79. The van der Waals surface area contributed by atoms with Gasteiger partial charge in [0.15, 0.2) is 5.58 Å². The first kappa shape index (κ1) is 16.1. The van der Waals surface area contributed by atoms with Crippen molar-refractivity contribution < 1.29 is 4.42 Å². The Morgan fingerprint density at radius 3 is 2.24 bits per heavy atom. The van der Waals surface area contributed by atoms with Gasteiger partial charge in [0.2, 0.25) is 0 Å². The number of hydrogen-bond acceptors (Lipinski definition) is 2. The number of nitrogens with zero attached hydrogens (tertiary/aromatic N) is 1. The van der Waals surface area contributed by atoms with E-state index < -0.39 is 8.07 Å². The minimum atomic E-state index is -1.36. The lowest BCUT2D eigenvalue weighted by molar-refractivity contribution is 0.668. The average molecular weight is 346 g/mol. The standard InChI is InChI=1S/C22H23NOSi/c1-14-10-15(2)12-16(11-14)21-22-18(8-9-23-21)19-13-17(25(3,4)5)6-7-20(19)24-22/h6-13H,1-5H3. The monoisotopic (exact) mass is 345 g/mol. The van der Waals surface area contributed by atoms with Gasteiger partial charge in [-0.15, -0.1) is 0 Å². The van der Waals surface area contributed by atoms with E-state index in [0.717, 1.165) is 27.8 Å². The van der Waals surface area contributed by atoms with Crippen LogP contribution < -0.4 is 5.19 Å². The molecule has 4 rings (SSSR count). The highest BCUT2D eigenvalue weighted by molar-refractivity contribution is 6.88. The zero-order chi connectivity index (χ0) is 17.8. The number of rotatable bonds is 2. The second-order valence-electron chi connectivity index (χ2n) is 7.98. The smallest absolute Gasteiger partial charge is 0.161 e. The molecule has 0 spiro atoms. The van der Waals surface area contributed by atoms with Gasteiger partial charge in [-0.3, -0.25) is 4.98 Å². The van der Waals surface area contributed by atoms with Crippen molar-refractivity contribution in [2.45, 2.75) is 33.5 Å². The van der Waals surface area contributed by atoms with Crippen LogP contribution in [-0.4, -0.2) is 13.1 Å². The molecular weight excluding hydrogens is 322 g/mol. The van der Waals surface area contributed by atoms with Crippen molar-refractivity contribution in [1.29, 1.82) is 0 Å². The van der Waals surface area contributed by atoms with Crippen LogP contribution in [0.4, 0.5) is 0 Å². The predicted octanol–water partition coefficient (Wildman–Crippen LogP) is 5.81. The molecule has 0 atom stereocenters. The molecule has 2 nitrogen and oxygen atoms in total. The first-order chi connectivity index (χ1) is 11.8. The second kappa shape index (κ2) is 5.56. The van der Waals surface area contributed by atoms with E-state index in [-0.39, 0.29) is 0 Å². The van der Waals surface area contributed by atoms with E-state index in [1.165, 1.54) is 21.7 Å². The van der Waals surface area contributed by atoms with Gasteiger partial charge in [0.05, 0.1) is 8.07 Å². The molecule has 25 heavy (non-hydrogen) atoms. The molecule has 126 valence electrons. The maximum absolute atomic E-state index is 6.24. The molecule has 0 fully saturated rings. The van der Waals surface area contributed by atoms with Crippen molar-refractivity contribution >= 4 is 35.2 Å². The highest BCUT2D eigenvalue weighted by Crippen LogP contribution is 2.34. The molecule has 3 heteroatoms. The number of furan rings is 1. The molecule has 0 aliphatic heterocycles. The zero-order valence-electron chi connectivity index (χ0n) is 15.5. The molecule has 4 aromatic rings. The fourth-order valence-electron chi connectivity index (χ4n) is 3.49. The van der Waals surface area contributed by atoms with Crippen LogP contribution in [0.5, 0.6) is 0 Å². The zero-order valence-corrected chi connectivity index (χ0v) is 16.5. The van der Waals surface area contributed by atoms with E-state index in [2.05, 4.69) is 80.9 Å². The molecule has 0 unspecified atom stereocenters. The van der Waals surface area contributed by atoms with E-state index in [1.54, 1.807) is 0 Å². The van der Waals surface area contributed by atoms with Crippen LogP contribution in [0.3, 0.4) is 0 Å². The van der Waals surface area contributed by atoms with Gasteiger partial charge in [0.1, 0.15) is 11.3 Å². The van der Waals surface area contributed by atoms with Crippen LogP contribution in [-0.2, 0) is 0 Å². The van der Waals surface area contributed by atoms with Crippen LogP contribution in [0.2, 0.25) is 19.6 Å². The van der Waals surface area contributed by atoms with Crippen molar-refractivity contribution in [1.82, 2.24) is 4.98 Å². The summed E-state index contributed by atoms with van der Waals surface area (Å²) in [6, 6.07) is 15.3. The molecule has 0 saturated carbocycles. The van der Waals surface area contributed by atoms with Crippen molar-refractivity contribution in [3.05, 3.63) is 59.8 Å². The van der Waals surface area contributed by atoms with Gasteiger partial charge in [-0.05, 0) is 38.1 Å². The fraction of sp³-hybridized carbons (Fsp3) is 0.227. The number of hydrogen-bond donors (Lipinski definition) is 0. The molecule has 0 amide bonds. The summed E-state index contributed by atoms with van der Waals surface area (Å²) >= 11 is 0. The quantitative estimate of drug-likeness (QED) is 0.428. The molecule has 0 aliphatic carbocycles. The molecule has 0 N–H and O–H groups in total. The Balaban J connectivity index is 2.02. The maximum atomic E-state index is 6.24. The number of fused-ring (bicyclic) bond motifs is 3. The molecule has 0 radical (unpaired) electrons. The van der Waals surface area contributed by atoms with E-state index >= 15 is 0 Å².